The van der Waals surface area contributed by atoms with Gasteiger partial charge >= 0.3 is 0 Å². The van der Waals surface area contributed by atoms with Crippen LogP contribution in [0.3, 0.4) is 0 Å². The number of thioether (sulfide) groups is 1. The van der Waals surface area contributed by atoms with E-state index in [9.17, 15) is 0 Å². The molecular formula is C11H14N4S. The van der Waals surface area contributed by atoms with Gasteiger partial charge < -0.3 is 5.32 Å². The number of anilines is 1. The molecule has 1 aromatic heterocycles. The van der Waals surface area contributed by atoms with Gasteiger partial charge in [0.1, 0.15) is 12.2 Å². The predicted octanol–water partition coefficient (Wildman–Crippen LogP) is 2.15. The molecular weight excluding hydrogens is 220 g/mol. The highest BCUT2D eigenvalue weighted by molar-refractivity contribution is 7.98. The Morgan fingerprint density at radius 3 is 2.62 bits per heavy atom. The normalized spacial score (nSPS) is 10.4. The van der Waals surface area contributed by atoms with Crippen LogP contribution in [0.15, 0.2) is 35.5 Å². The average Bonchev–Trinajstić information content (AvgIpc) is 2.73. The number of hydrogen-bond acceptors (Lipinski definition) is 4. The lowest BCUT2D eigenvalue weighted by Crippen LogP contribution is -2.06. The van der Waals surface area contributed by atoms with Gasteiger partial charge in [-0.25, -0.2) is 4.98 Å². The first-order valence-electron chi connectivity index (χ1n) is 5.00. The Morgan fingerprint density at radius 2 is 2.06 bits per heavy atom. The van der Waals surface area contributed by atoms with Crippen LogP contribution in [0.25, 0.3) is 0 Å². The van der Waals surface area contributed by atoms with Crippen LogP contribution < -0.4 is 5.32 Å². The van der Waals surface area contributed by atoms with Gasteiger partial charge in [-0.15, -0.1) is 11.8 Å². The highest BCUT2D eigenvalue weighted by atomic mass is 32.2. The van der Waals surface area contributed by atoms with Crippen molar-refractivity contribution < 1.29 is 0 Å². The van der Waals surface area contributed by atoms with Gasteiger partial charge in [0.25, 0.3) is 0 Å². The summed E-state index contributed by atoms with van der Waals surface area (Å²) < 4.78 is 1.77. The molecule has 0 aliphatic rings. The molecule has 0 aliphatic carbocycles. The third-order valence-electron chi connectivity index (χ3n) is 2.35. The summed E-state index contributed by atoms with van der Waals surface area (Å²) >= 11 is 1.74. The van der Waals surface area contributed by atoms with Crippen molar-refractivity contribution in [3.63, 3.8) is 0 Å². The summed E-state index contributed by atoms with van der Waals surface area (Å²) in [5, 5.41) is 7.33. The fraction of sp³-hybridized carbons (Fsp3) is 0.273. The maximum Gasteiger partial charge on any atom is 0.145 e. The molecule has 0 radical (unpaired) electrons. The summed E-state index contributed by atoms with van der Waals surface area (Å²) in [6.07, 6.45) is 3.63. The largest absolute Gasteiger partial charge is 0.378 e. The molecule has 0 amide bonds. The van der Waals surface area contributed by atoms with Crippen molar-refractivity contribution in [2.45, 2.75) is 11.4 Å². The van der Waals surface area contributed by atoms with Crippen molar-refractivity contribution in [2.24, 2.45) is 7.05 Å². The van der Waals surface area contributed by atoms with E-state index >= 15 is 0 Å². The Morgan fingerprint density at radius 1 is 1.31 bits per heavy atom. The van der Waals surface area contributed by atoms with E-state index in [1.165, 1.54) is 4.90 Å². The van der Waals surface area contributed by atoms with Crippen molar-refractivity contribution in [1.82, 2.24) is 14.8 Å². The van der Waals surface area contributed by atoms with Gasteiger partial charge in [0.2, 0.25) is 0 Å². The van der Waals surface area contributed by atoms with Crippen LogP contribution in [0, 0.1) is 0 Å². The van der Waals surface area contributed by atoms with E-state index in [4.69, 9.17) is 0 Å². The highest BCUT2D eigenvalue weighted by Gasteiger charge is 1.99. The SMILES string of the molecule is CSc1ccc(NCc2ncnn2C)cc1. The third-order valence-corrected chi connectivity index (χ3v) is 3.09. The minimum atomic E-state index is 0.690. The lowest BCUT2D eigenvalue weighted by Gasteiger charge is -2.06. The molecule has 0 bridgehead atoms. The fourth-order valence-electron chi connectivity index (χ4n) is 1.37. The van der Waals surface area contributed by atoms with Gasteiger partial charge in [0.15, 0.2) is 0 Å². The second-order valence-corrected chi connectivity index (χ2v) is 4.26. The molecule has 1 heterocycles. The van der Waals surface area contributed by atoms with Crippen molar-refractivity contribution in [1.29, 1.82) is 0 Å². The molecule has 5 heteroatoms. The fourth-order valence-corrected chi connectivity index (χ4v) is 1.78. The number of nitrogens with one attached hydrogen (secondary N) is 1. The number of nitrogens with zero attached hydrogens (tertiary/aromatic N) is 3. The van der Waals surface area contributed by atoms with Crippen molar-refractivity contribution in [3.8, 4) is 0 Å². The standard InChI is InChI=1S/C11H14N4S/c1-15-11(13-8-14-15)7-12-9-3-5-10(16-2)6-4-9/h3-6,8,12H,7H2,1-2H3. The van der Waals surface area contributed by atoms with Crippen LogP contribution in [-0.2, 0) is 13.6 Å². The molecule has 1 N–H and O–H groups in total. The predicted molar refractivity (Wildman–Crippen MR) is 66.6 cm³/mol. The Bertz CT molecular complexity index is 449. The Kier molecular flexibility index (Phi) is 3.46. The van der Waals surface area contributed by atoms with E-state index in [1.54, 1.807) is 22.8 Å². The monoisotopic (exact) mass is 234 g/mol. The number of benzene rings is 1. The van der Waals surface area contributed by atoms with Crippen LogP contribution in [0.4, 0.5) is 5.69 Å². The number of aryl methyl sites for hydroxylation is 1. The smallest absolute Gasteiger partial charge is 0.145 e. The number of aromatic nitrogens is 3. The van der Waals surface area contributed by atoms with Gasteiger partial charge in [-0.3, -0.25) is 4.68 Å². The Hall–Kier alpha value is -1.49. The van der Waals surface area contributed by atoms with Gasteiger partial charge in [0, 0.05) is 17.6 Å². The summed E-state index contributed by atoms with van der Waals surface area (Å²) in [7, 11) is 1.89. The molecule has 2 rings (SSSR count). The van der Waals surface area contributed by atoms with E-state index in [0.29, 0.717) is 6.54 Å². The lowest BCUT2D eigenvalue weighted by molar-refractivity contribution is 0.712. The first-order chi connectivity index (χ1) is 7.79. The van der Waals surface area contributed by atoms with Crippen LogP contribution in [-0.4, -0.2) is 21.0 Å². The third kappa shape index (κ3) is 2.55. The Labute approximate surface area is 99.1 Å². The molecule has 0 atom stereocenters. The van der Waals surface area contributed by atoms with Crippen LogP contribution in [0.2, 0.25) is 0 Å². The molecule has 4 nitrogen and oxygen atoms in total. The van der Waals surface area contributed by atoms with Gasteiger partial charge in [-0.05, 0) is 30.5 Å². The summed E-state index contributed by atoms with van der Waals surface area (Å²) in [5.74, 6) is 0.925. The van der Waals surface area contributed by atoms with E-state index in [1.807, 2.05) is 7.05 Å². The number of rotatable bonds is 4. The van der Waals surface area contributed by atoms with E-state index in [2.05, 4.69) is 45.9 Å². The molecule has 1 aromatic carbocycles. The Balaban J connectivity index is 1.97. The second kappa shape index (κ2) is 5.03. The quantitative estimate of drug-likeness (QED) is 0.823. The molecule has 2 aromatic rings. The zero-order valence-electron chi connectivity index (χ0n) is 9.34. The van der Waals surface area contributed by atoms with Crippen LogP contribution in [0.1, 0.15) is 5.82 Å². The van der Waals surface area contributed by atoms with Gasteiger partial charge in [-0.1, -0.05) is 0 Å². The molecule has 0 spiro atoms. The lowest BCUT2D eigenvalue weighted by atomic mass is 10.3. The summed E-state index contributed by atoms with van der Waals surface area (Å²) in [6.45, 7) is 0.690. The van der Waals surface area contributed by atoms with E-state index in [0.717, 1.165) is 11.5 Å². The minimum absolute atomic E-state index is 0.690. The maximum atomic E-state index is 4.15. The summed E-state index contributed by atoms with van der Waals surface area (Å²) in [5.41, 5.74) is 1.10. The highest BCUT2D eigenvalue weighted by Crippen LogP contribution is 2.17. The van der Waals surface area contributed by atoms with Crippen molar-refractivity contribution in [3.05, 3.63) is 36.4 Å². The minimum Gasteiger partial charge on any atom is -0.378 e. The molecule has 0 unspecified atom stereocenters. The van der Waals surface area contributed by atoms with E-state index in [-0.39, 0.29) is 0 Å². The number of hydrogen-bond donors (Lipinski definition) is 1. The summed E-state index contributed by atoms with van der Waals surface area (Å²) in [4.78, 5) is 5.42. The molecule has 0 fully saturated rings. The zero-order valence-corrected chi connectivity index (χ0v) is 10.2. The maximum absolute atomic E-state index is 4.15. The van der Waals surface area contributed by atoms with Crippen molar-refractivity contribution >= 4 is 17.4 Å². The molecule has 0 saturated carbocycles. The van der Waals surface area contributed by atoms with Gasteiger partial charge in [0.05, 0.1) is 6.54 Å². The molecule has 0 aliphatic heterocycles. The zero-order chi connectivity index (χ0) is 11.4. The van der Waals surface area contributed by atoms with Crippen molar-refractivity contribution in [2.75, 3.05) is 11.6 Å². The molecule has 0 saturated heterocycles. The van der Waals surface area contributed by atoms with E-state index < -0.39 is 0 Å². The van der Waals surface area contributed by atoms with Crippen LogP contribution in [0.5, 0.6) is 0 Å². The average molecular weight is 234 g/mol. The van der Waals surface area contributed by atoms with Gasteiger partial charge in [-0.2, -0.15) is 5.10 Å². The van der Waals surface area contributed by atoms with Crippen LogP contribution >= 0.6 is 11.8 Å². The first-order valence-corrected chi connectivity index (χ1v) is 6.23. The summed E-state index contributed by atoms with van der Waals surface area (Å²) in [6, 6.07) is 8.34. The molecule has 84 valence electrons. The topological polar surface area (TPSA) is 42.7 Å². The second-order valence-electron chi connectivity index (χ2n) is 3.38. The first kappa shape index (κ1) is 11.0. The molecule has 16 heavy (non-hydrogen) atoms.